The third-order valence-corrected chi connectivity index (χ3v) is 5.64. The lowest BCUT2D eigenvalue weighted by molar-refractivity contribution is -0.119. The molecule has 1 unspecified atom stereocenters. The average molecular weight is 432 g/mol. The standard InChI is InChI=1S/C22H21FN8O/c1-4-16-21(32)28(2)17-13-25-22(27-20(17)31(16)18-9-10-26-29(18)3)30-12-11-24-19(30)14-5-7-15(23)8-6-14/h5-13,16H,4H2,1-3H3. The zero-order chi connectivity index (χ0) is 22.4. The highest BCUT2D eigenvalue weighted by molar-refractivity contribution is 6.05. The minimum absolute atomic E-state index is 0.0350. The van der Waals surface area contributed by atoms with Crippen LogP contribution in [0.25, 0.3) is 17.3 Å². The number of amides is 1. The summed E-state index contributed by atoms with van der Waals surface area (Å²) in [6.45, 7) is 1.97. The summed E-state index contributed by atoms with van der Waals surface area (Å²) in [6, 6.07) is 7.53. The number of benzene rings is 1. The maximum Gasteiger partial charge on any atom is 0.250 e. The number of carbonyl (C=O) groups is 1. The second kappa shape index (κ2) is 7.56. The van der Waals surface area contributed by atoms with Gasteiger partial charge in [-0.3, -0.25) is 18.9 Å². The summed E-state index contributed by atoms with van der Waals surface area (Å²) in [5.74, 6) is 1.99. The Morgan fingerprint density at radius 3 is 2.53 bits per heavy atom. The number of hydrogen-bond donors (Lipinski definition) is 0. The molecular weight excluding hydrogens is 411 g/mol. The molecule has 10 heteroatoms. The Labute approximate surface area is 183 Å². The summed E-state index contributed by atoms with van der Waals surface area (Å²) in [5.41, 5.74) is 1.34. The Hall–Kier alpha value is -4.08. The Morgan fingerprint density at radius 1 is 1.06 bits per heavy atom. The number of aryl methyl sites for hydroxylation is 1. The van der Waals surface area contributed by atoms with Crippen LogP contribution in [0.1, 0.15) is 13.3 Å². The summed E-state index contributed by atoms with van der Waals surface area (Å²) in [7, 11) is 3.56. The molecule has 0 N–H and O–H groups in total. The number of fused-ring (bicyclic) bond motifs is 1. The molecule has 0 saturated heterocycles. The van der Waals surface area contributed by atoms with E-state index in [1.165, 1.54) is 12.1 Å². The molecule has 0 aliphatic carbocycles. The van der Waals surface area contributed by atoms with Gasteiger partial charge in [0.15, 0.2) is 5.82 Å². The van der Waals surface area contributed by atoms with E-state index in [4.69, 9.17) is 4.98 Å². The average Bonchev–Trinajstić information content (AvgIpc) is 3.45. The first-order valence-corrected chi connectivity index (χ1v) is 10.2. The fourth-order valence-corrected chi connectivity index (χ4v) is 3.99. The van der Waals surface area contributed by atoms with Crippen LogP contribution in [0.4, 0.5) is 21.7 Å². The van der Waals surface area contributed by atoms with Crippen LogP contribution in [0.2, 0.25) is 0 Å². The summed E-state index contributed by atoms with van der Waals surface area (Å²) in [6.07, 6.45) is 7.32. The highest BCUT2D eigenvalue weighted by atomic mass is 19.1. The lowest BCUT2D eigenvalue weighted by atomic mass is 10.1. The van der Waals surface area contributed by atoms with Gasteiger partial charge in [-0.2, -0.15) is 10.1 Å². The largest absolute Gasteiger partial charge is 0.309 e. The third kappa shape index (κ3) is 3.03. The number of anilines is 3. The molecule has 0 spiro atoms. The molecule has 1 atom stereocenters. The normalized spacial score (nSPS) is 15.9. The number of rotatable bonds is 4. The first-order valence-electron chi connectivity index (χ1n) is 10.2. The van der Waals surface area contributed by atoms with Crippen molar-refractivity contribution >= 4 is 23.2 Å². The molecule has 32 heavy (non-hydrogen) atoms. The van der Waals surface area contributed by atoms with Crippen molar-refractivity contribution in [2.75, 3.05) is 16.8 Å². The van der Waals surface area contributed by atoms with Gasteiger partial charge in [0.05, 0.1) is 12.4 Å². The van der Waals surface area contributed by atoms with Crippen LogP contribution >= 0.6 is 0 Å². The topological polar surface area (TPSA) is 85.0 Å². The van der Waals surface area contributed by atoms with E-state index in [0.717, 1.165) is 11.4 Å². The minimum Gasteiger partial charge on any atom is -0.309 e. The molecule has 4 heterocycles. The summed E-state index contributed by atoms with van der Waals surface area (Å²) in [5, 5.41) is 4.27. The van der Waals surface area contributed by atoms with Crippen molar-refractivity contribution in [2.24, 2.45) is 7.05 Å². The van der Waals surface area contributed by atoms with Crippen LogP contribution in [-0.4, -0.2) is 48.3 Å². The van der Waals surface area contributed by atoms with Crippen LogP contribution in [0, 0.1) is 5.82 Å². The Bertz CT molecular complexity index is 1300. The number of hydrogen-bond acceptors (Lipinski definition) is 6. The number of nitrogens with zero attached hydrogens (tertiary/aromatic N) is 8. The van der Waals surface area contributed by atoms with E-state index in [9.17, 15) is 9.18 Å². The molecule has 3 aromatic heterocycles. The van der Waals surface area contributed by atoms with Crippen LogP contribution < -0.4 is 9.80 Å². The number of carbonyl (C=O) groups excluding carboxylic acids is 1. The van der Waals surface area contributed by atoms with Crippen LogP contribution in [0.3, 0.4) is 0 Å². The van der Waals surface area contributed by atoms with Gasteiger partial charge in [0.2, 0.25) is 11.9 Å². The van der Waals surface area contributed by atoms with Gasteiger partial charge in [-0.25, -0.2) is 14.4 Å². The molecule has 162 valence electrons. The molecule has 1 aliphatic rings. The van der Waals surface area contributed by atoms with Crippen LogP contribution in [-0.2, 0) is 11.8 Å². The van der Waals surface area contributed by atoms with E-state index in [1.54, 1.807) is 58.1 Å². The van der Waals surface area contributed by atoms with Crippen molar-refractivity contribution in [3.63, 3.8) is 0 Å². The molecule has 5 rings (SSSR count). The maximum absolute atomic E-state index is 13.4. The molecule has 0 saturated carbocycles. The van der Waals surface area contributed by atoms with Crippen molar-refractivity contribution in [1.82, 2.24) is 29.3 Å². The van der Waals surface area contributed by atoms with Gasteiger partial charge in [0.25, 0.3) is 0 Å². The second-order valence-electron chi connectivity index (χ2n) is 7.51. The van der Waals surface area contributed by atoms with Gasteiger partial charge >= 0.3 is 0 Å². The van der Waals surface area contributed by atoms with Gasteiger partial charge < -0.3 is 4.90 Å². The first-order chi connectivity index (χ1) is 15.5. The maximum atomic E-state index is 13.4. The molecule has 1 aliphatic heterocycles. The quantitative estimate of drug-likeness (QED) is 0.493. The van der Waals surface area contributed by atoms with E-state index < -0.39 is 6.04 Å². The Kier molecular flexibility index (Phi) is 4.69. The summed E-state index contributed by atoms with van der Waals surface area (Å²) >= 11 is 0. The highest BCUT2D eigenvalue weighted by Crippen LogP contribution is 2.39. The Morgan fingerprint density at radius 2 is 1.84 bits per heavy atom. The van der Waals surface area contributed by atoms with Crippen molar-refractivity contribution < 1.29 is 9.18 Å². The number of halogens is 1. The van der Waals surface area contributed by atoms with E-state index in [-0.39, 0.29) is 11.7 Å². The summed E-state index contributed by atoms with van der Waals surface area (Å²) in [4.78, 5) is 30.3. The third-order valence-electron chi connectivity index (χ3n) is 5.64. The smallest absolute Gasteiger partial charge is 0.250 e. The van der Waals surface area contributed by atoms with E-state index in [1.807, 2.05) is 24.9 Å². The van der Waals surface area contributed by atoms with Crippen molar-refractivity contribution in [2.45, 2.75) is 19.4 Å². The lowest BCUT2D eigenvalue weighted by Gasteiger charge is -2.39. The monoisotopic (exact) mass is 432 g/mol. The predicted molar refractivity (Wildman–Crippen MR) is 117 cm³/mol. The van der Waals surface area contributed by atoms with E-state index in [0.29, 0.717) is 29.7 Å². The molecule has 4 aromatic rings. The number of imidazole rings is 1. The van der Waals surface area contributed by atoms with Crippen molar-refractivity contribution in [1.29, 1.82) is 0 Å². The molecule has 1 amide bonds. The molecular formula is C22H21FN8O. The Balaban J connectivity index is 1.67. The molecule has 0 fully saturated rings. The highest BCUT2D eigenvalue weighted by Gasteiger charge is 2.39. The molecule has 1 aromatic carbocycles. The van der Waals surface area contributed by atoms with Crippen molar-refractivity contribution in [3.8, 4) is 17.3 Å². The first kappa shape index (κ1) is 19.9. The molecule has 0 radical (unpaired) electrons. The van der Waals surface area contributed by atoms with Gasteiger partial charge in [0.1, 0.15) is 29.2 Å². The number of likely N-dealkylation sites (N-methyl/N-ethyl adjacent to an activating group) is 1. The van der Waals surface area contributed by atoms with Gasteiger partial charge in [-0.1, -0.05) is 6.92 Å². The second-order valence-corrected chi connectivity index (χ2v) is 7.51. The van der Waals surface area contributed by atoms with Gasteiger partial charge in [-0.05, 0) is 30.7 Å². The minimum atomic E-state index is -0.426. The fraction of sp³-hybridized carbons (Fsp3) is 0.227. The van der Waals surface area contributed by atoms with Gasteiger partial charge in [0, 0.05) is 38.1 Å². The molecule has 9 nitrogen and oxygen atoms in total. The van der Waals surface area contributed by atoms with Crippen molar-refractivity contribution in [3.05, 3.63) is 60.9 Å². The van der Waals surface area contributed by atoms with Crippen LogP contribution in [0.15, 0.2) is 55.1 Å². The van der Waals surface area contributed by atoms with E-state index >= 15 is 0 Å². The van der Waals surface area contributed by atoms with Crippen LogP contribution in [0.5, 0.6) is 0 Å². The SMILES string of the molecule is CCC1C(=O)N(C)c2cnc(-n3ccnc3-c3ccc(F)cc3)nc2N1c1ccnn1C. The molecule has 0 bridgehead atoms. The zero-order valence-corrected chi connectivity index (χ0v) is 17.8. The zero-order valence-electron chi connectivity index (χ0n) is 17.8. The lowest BCUT2D eigenvalue weighted by Crippen LogP contribution is -2.51. The van der Waals surface area contributed by atoms with Gasteiger partial charge in [-0.15, -0.1) is 0 Å². The number of aromatic nitrogens is 6. The fourth-order valence-electron chi connectivity index (χ4n) is 3.99. The predicted octanol–water partition coefficient (Wildman–Crippen LogP) is 3.10. The van der Waals surface area contributed by atoms with E-state index in [2.05, 4.69) is 15.1 Å². The summed E-state index contributed by atoms with van der Waals surface area (Å²) < 4.78 is 16.9.